The molecule has 1 aliphatic carbocycles. The van der Waals surface area contributed by atoms with E-state index in [1.165, 1.54) is 12.8 Å². The summed E-state index contributed by atoms with van der Waals surface area (Å²) in [4.78, 5) is 12.3. The van der Waals surface area contributed by atoms with Gasteiger partial charge in [0, 0.05) is 32.8 Å². The number of hydrogen-bond donors (Lipinski definition) is 1. The minimum Gasteiger partial charge on any atom is -0.381 e. The molecule has 1 aromatic carbocycles. The molecule has 1 aliphatic heterocycles. The third-order valence-electron chi connectivity index (χ3n) is 5.08. The Morgan fingerprint density at radius 2 is 1.81 bits per heavy atom. The average molecular weight is 395 g/mol. The van der Waals surface area contributed by atoms with E-state index in [0.717, 1.165) is 43.8 Å². The third-order valence-corrected chi connectivity index (χ3v) is 6.99. The maximum atomic E-state index is 12.6. The van der Waals surface area contributed by atoms with Gasteiger partial charge in [-0.25, -0.2) is 8.42 Å². The lowest BCUT2D eigenvalue weighted by Gasteiger charge is -2.25. The van der Waals surface area contributed by atoms with Crippen molar-refractivity contribution < 1.29 is 17.9 Å². The SMILES string of the molecule is O=C(Cc1ccc(S(=O)(=O)N2CCCCC2)cc1)NCCCOCC1CC1. The van der Waals surface area contributed by atoms with Crippen molar-refractivity contribution in [2.24, 2.45) is 5.92 Å². The van der Waals surface area contributed by atoms with Crippen LogP contribution in [0.2, 0.25) is 0 Å². The second-order valence-corrected chi connectivity index (χ2v) is 9.45. The van der Waals surface area contributed by atoms with Gasteiger partial charge in [-0.1, -0.05) is 18.6 Å². The molecule has 7 heteroatoms. The summed E-state index contributed by atoms with van der Waals surface area (Å²) in [5, 5.41) is 2.89. The van der Waals surface area contributed by atoms with Crippen molar-refractivity contribution in [1.29, 1.82) is 0 Å². The minimum absolute atomic E-state index is 0.0520. The topological polar surface area (TPSA) is 75.7 Å². The minimum atomic E-state index is -3.41. The molecule has 2 fully saturated rings. The molecule has 6 nitrogen and oxygen atoms in total. The van der Waals surface area contributed by atoms with Gasteiger partial charge in [0.1, 0.15) is 0 Å². The zero-order chi connectivity index (χ0) is 19.1. The summed E-state index contributed by atoms with van der Waals surface area (Å²) < 4.78 is 32.4. The summed E-state index contributed by atoms with van der Waals surface area (Å²) in [6.07, 6.45) is 6.57. The Hall–Kier alpha value is -1.44. The third kappa shape index (κ3) is 6.30. The number of piperidine rings is 1. The van der Waals surface area contributed by atoms with Crippen LogP contribution >= 0.6 is 0 Å². The first-order chi connectivity index (χ1) is 13.1. The van der Waals surface area contributed by atoms with Crippen LogP contribution < -0.4 is 5.32 Å². The first-order valence-corrected chi connectivity index (χ1v) is 11.4. The predicted octanol–water partition coefficient (Wildman–Crippen LogP) is 2.34. The fourth-order valence-electron chi connectivity index (χ4n) is 3.22. The quantitative estimate of drug-likeness (QED) is 0.618. The van der Waals surface area contributed by atoms with E-state index >= 15 is 0 Å². The molecule has 150 valence electrons. The monoisotopic (exact) mass is 394 g/mol. The molecular weight excluding hydrogens is 364 g/mol. The molecule has 0 spiro atoms. The van der Waals surface area contributed by atoms with Gasteiger partial charge in [-0.15, -0.1) is 0 Å². The van der Waals surface area contributed by atoms with Gasteiger partial charge < -0.3 is 10.1 Å². The lowest BCUT2D eigenvalue weighted by molar-refractivity contribution is -0.120. The van der Waals surface area contributed by atoms with Gasteiger partial charge in [0.25, 0.3) is 0 Å². The zero-order valence-corrected chi connectivity index (χ0v) is 16.7. The number of benzene rings is 1. The summed E-state index contributed by atoms with van der Waals surface area (Å²) in [5.41, 5.74) is 0.815. The van der Waals surface area contributed by atoms with Crippen molar-refractivity contribution in [3.8, 4) is 0 Å². The van der Waals surface area contributed by atoms with Crippen molar-refractivity contribution in [2.75, 3.05) is 32.8 Å². The van der Waals surface area contributed by atoms with Crippen molar-refractivity contribution in [1.82, 2.24) is 9.62 Å². The number of nitrogens with one attached hydrogen (secondary N) is 1. The van der Waals surface area contributed by atoms with Gasteiger partial charge in [-0.2, -0.15) is 4.31 Å². The number of hydrogen-bond acceptors (Lipinski definition) is 4. The van der Waals surface area contributed by atoms with Crippen LogP contribution in [0.1, 0.15) is 44.1 Å². The van der Waals surface area contributed by atoms with Crippen LogP contribution in [0.5, 0.6) is 0 Å². The second kappa shape index (κ2) is 9.66. The largest absolute Gasteiger partial charge is 0.381 e. The Balaban J connectivity index is 1.40. The van der Waals surface area contributed by atoms with Crippen LogP contribution in [-0.2, 0) is 26.0 Å². The molecule has 1 saturated heterocycles. The standard InChI is InChI=1S/C20H30N2O4S/c23-20(21-11-4-14-26-16-18-5-6-18)15-17-7-9-19(10-8-17)27(24,25)22-12-2-1-3-13-22/h7-10,18H,1-6,11-16H2,(H,21,23). The Morgan fingerprint density at radius 3 is 2.48 bits per heavy atom. The molecule has 27 heavy (non-hydrogen) atoms. The number of carbonyl (C=O) groups is 1. The maximum Gasteiger partial charge on any atom is 0.243 e. The van der Waals surface area contributed by atoms with Crippen LogP contribution in [0.4, 0.5) is 0 Å². The summed E-state index contributed by atoms with van der Waals surface area (Å²) in [6.45, 7) is 3.32. The van der Waals surface area contributed by atoms with Crippen LogP contribution in [0.15, 0.2) is 29.2 Å². The molecule has 0 radical (unpaired) electrons. The van der Waals surface area contributed by atoms with E-state index in [2.05, 4.69) is 5.32 Å². The van der Waals surface area contributed by atoms with Gasteiger partial charge in [-0.05, 0) is 55.7 Å². The number of amides is 1. The van der Waals surface area contributed by atoms with Gasteiger partial charge in [0.15, 0.2) is 0 Å². The maximum absolute atomic E-state index is 12.6. The smallest absolute Gasteiger partial charge is 0.243 e. The van der Waals surface area contributed by atoms with Crippen LogP contribution in [0.25, 0.3) is 0 Å². The first-order valence-electron chi connectivity index (χ1n) is 9.99. The van der Waals surface area contributed by atoms with E-state index < -0.39 is 10.0 Å². The summed E-state index contributed by atoms with van der Waals surface area (Å²) in [6, 6.07) is 6.68. The Morgan fingerprint density at radius 1 is 1.11 bits per heavy atom. The number of carbonyl (C=O) groups excluding carboxylic acids is 1. The van der Waals surface area contributed by atoms with Gasteiger partial charge >= 0.3 is 0 Å². The lowest BCUT2D eigenvalue weighted by atomic mass is 10.1. The van der Waals surface area contributed by atoms with E-state index in [1.807, 2.05) is 0 Å². The number of ether oxygens (including phenoxy) is 1. The molecule has 1 N–H and O–H groups in total. The molecule has 0 unspecified atom stereocenters. The van der Waals surface area contributed by atoms with Crippen LogP contribution in [0, 0.1) is 5.92 Å². The Kier molecular flexibility index (Phi) is 7.26. The molecule has 3 rings (SSSR count). The molecule has 1 heterocycles. The van der Waals surface area contributed by atoms with E-state index in [-0.39, 0.29) is 12.3 Å². The lowest BCUT2D eigenvalue weighted by Crippen LogP contribution is -2.35. The molecule has 0 bridgehead atoms. The van der Waals surface area contributed by atoms with E-state index in [9.17, 15) is 13.2 Å². The predicted molar refractivity (Wildman–Crippen MR) is 104 cm³/mol. The second-order valence-electron chi connectivity index (χ2n) is 7.51. The number of rotatable bonds is 10. The molecule has 2 aliphatic rings. The molecular formula is C20H30N2O4S. The fraction of sp³-hybridized carbons (Fsp3) is 0.650. The number of sulfonamides is 1. The van der Waals surface area contributed by atoms with Gasteiger partial charge in [-0.3, -0.25) is 4.79 Å². The first kappa shape index (κ1) is 20.3. The highest BCUT2D eigenvalue weighted by Crippen LogP contribution is 2.28. The summed E-state index contributed by atoms with van der Waals surface area (Å²) >= 11 is 0. The average Bonchev–Trinajstić information content (AvgIpc) is 3.50. The fourth-order valence-corrected chi connectivity index (χ4v) is 4.74. The highest BCUT2D eigenvalue weighted by molar-refractivity contribution is 7.89. The van der Waals surface area contributed by atoms with Gasteiger partial charge in [0.05, 0.1) is 11.3 Å². The van der Waals surface area contributed by atoms with Crippen molar-refractivity contribution in [3.63, 3.8) is 0 Å². The van der Waals surface area contributed by atoms with Crippen LogP contribution in [-0.4, -0.2) is 51.5 Å². The van der Waals surface area contributed by atoms with Crippen molar-refractivity contribution >= 4 is 15.9 Å². The Bertz CT molecular complexity index is 708. The van der Waals surface area contributed by atoms with Crippen LogP contribution in [0.3, 0.4) is 0 Å². The highest BCUT2D eigenvalue weighted by Gasteiger charge is 2.25. The van der Waals surface area contributed by atoms with E-state index in [1.54, 1.807) is 28.6 Å². The highest BCUT2D eigenvalue weighted by atomic mass is 32.2. The van der Waals surface area contributed by atoms with Crippen molar-refractivity contribution in [3.05, 3.63) is 29.8 Å². The molecule has 0 aromatic heterocycles. The zero-order valence-electron chi connectivity index (χ0n) is 15.9. The molecule has 0 atom stereocenters. The van der Waals surface area contributed by atoms with Crippen molar-refractivity contribution in [2.45, 2.75) is 49.8 Å². The summed E-state index contributed by atoms with van der Waals surface area (Å²) in [5.74, 6) is 0.713. The summed E-state index contributed by atoms with van der Waals surface area (Å²) in [7, 11) is -3.41. The molecule has 1 amide bonds. The number of nitrogens with zero attached hydrogens (tertiary/aromatic N) is 1. The van der Waals surface area contributed by atoms with E-state index in [0.29, 0.717) is 31.1 Å². The molecule has 1 saturated carbocycles. The molecule has 1 aromatic rings. The van der Waals surface area contributed by atoms with E-state index in [4.69, 9.17) is 4.74 Å². The van der Waals surface area contributed by atoms with Gasteiger partial charge in [0.2, 0.25) is 15.9 Å². The Labute approximate surface area is 162 Å². The normalized spacial score (nSPS) is 18.4.